The lowest BCUT2D eigenvalue weighted by atomic mass is 10.1. The van der Waals surface area contributed by atoms with Crippen molar-refractivity contribution in [3.63, 3.8) is 0 Å². The second-order valence-corrected chi connectivity index (χ2v) is 5.78. The van der Waals surface area contributed by atoms with E-state index in [9.17, 15) is 9.59 Å². The van der Waals surface area contributed by atoms with Crippen LogP contribution in [0.5, 0.6) is 0 Å². The van der Waals surface area contributed by atoms with Gasteiger partial charge in [-0.25, -0.2) is 0 Å². The molecule has 1 fully saturated rings. The summed E-state index contributed by atoms with van der Waals surface area (Å²) >= 11 is 1.45. The van der Waals surface area contributed by atoms with Gasteiger partial charge in [0, 0.05) is 18.4 Å². The summed E-state index contributed by atoms with van der Waals surface area (Å²) in [7, 11) is 0. The van der Waals surface area contributed by atoms with E-state index in [1.54, 1.807) is 0 Å². The van der Waals surface area contributed by atoms with Crippen molar-refractivity contribution in [1.82, 2.24) is 5.32 Å². The summed E-state index contributed by atoms with van der Waals surface area (Å²) < 4.78 is 0. The highest BCUT2D eigenvalue weighted by atomic mass is 32.1. The summed E-state index contributed by atoms with van der Waals surface area (Å²) in [4.78, 5) is 24.3. The zero-order valence-electron chi connectivity index (χ0n) is 10.1. The Morgan fingerprint density at radius 2 is 2.29 bits per heavy atom. The van der Waals surface area contributed by atoms with E-state index in [0.29, 0.717) is 12.3 Å². The van der Waals surface area contributed by atoms with Gasteiger partial charge >= 0.3 is 0 Å². The molecule has 0 bridgehead atoms. The topological polar surface area (TPSA) is 46.2 Å². The van der Waals surface area contributed by atoms with Gasteiger partial charge in [-0.15, -0.1) is 11.3 Å². The van der Waals surface area contributed by atoms with E-state index in [0.717, 1.165) is 11.3 Å². The fraction of sp³-hybridized carbons (Fsp3) is 0.538. The van der Waals surface area contributed by atoms with Crippen molar-refractivity contribution in [2.45, 2.75) is 32.7 Å². The monoisotopic (exact) mass is 251 g/mol. The highest BCUT2D eigenvalue weighted by Gasteiger charge is 2.39. The molecule has 0 aliphatic heterocycles. The maximum atomic E-state index is 11.8. The molecule has 3 nitrogen and oxygen atoms in total. The number of carbonyl (C=O) groups is 2. The van der Waals surface area contributed by atoms with Crippen molar-refractivity contribution in [3.05, 3.63) is 22.4 Å². The number of rotatable bonds is 5. The summed E-state index contributed by atoms with van der Waals surface area (Å²) in [6, 6.07) is 3.61. The van der Waals surface area contributed by atoms with Crippen molar-refractivity contribution < 1.29 is 9.59 Å². The Morgan fingerprint density at radius 3 is 2.82 bits per heavy atom. The Bertz CT molecular complexity index is 413. The number of hydrogen-bond donors (Lipinski definition) is 1. The van der Waals surface area contributed by atoms with Gasteiger partial charge in [0.15, 0.2) is 5.78 Å². The van der Waals surface area contributed by atoms with Crippen molar-refractivity contribution >= 4 is 23.0 Å². The maximum absolute atomic E-state index is 11.8. The molecule has 3 atom stereocenters. The Labute approximate surface area is 105 Å². The smallest absolute Gasteiger partial charge is 0.223 e. The molecule has 1 aliphatic rings. The molecule has 92 valence electrons. The van der Waals surface area contributed by atoms with Gasteiger partial charge < -0.3 is 5.32 Å². The van der Waals surface area contributed by atoms with Crippen LogP contribution < -0.4 is 5.32 Å². The van der Waals surface area contributed by atoms with Crippen LogP contribution in [0, 0.1) is 11.8 Å². The number of nitrogens with one attached hydrogen (secondary N) is 1. The molecule has 1 amide bonds. The molecule has 0 aromatic carbocycles. The standard InChI is InChI=1S/C13H17NO2S/c1-8-6-10(8)13(16)14-9(2)7-11(15)12-4-3-5-17-12/h3-5,8-10H,6-7H2,1-2H3,(H,14,16)/t8-,9-,10-/m1/s1. The van der Waals surface area contributed by atoms with E-state index in [4.69, 9.17) is 0 Å². The Hall–Kier alpha value is -1.16. The SMILES string of the molecule is C[C@H](CC(=O)c1cccs1)NC(=O)[C@@H]1C[C@H]1C. The van der Waals surface area contributed by atoms with Crippen LogP contribution in [0.25, 0.3) is 0 Å². The van der Waals surface area contributed by atoms with Gasteiger partial charge in [-0.1, -0.05) is 13.0 Å². The van der Waals surface area contributed by atoms with Gasteiger partial charge in [0.05, 0.1) is 4.88 Å². The fourth-order valence-electron chi connectivity index (χ4n) is 1.90. The second kappa shape index (κ2) is 5.00. The minimum Gasteiger partial charge on any atom is -0.353 e. The van der Waals surface area contributed by atoms with Crippen LogP contribution in [-0.2, 0) is 4.79 Å². The van der Waals surface area contributed by atoms with Gasteiger partial charge in [0.25, 0.3) is 0 Å². The molecule has 1 aliphatic carbocycles. The molecule has 0 spiro atoms. The molecule has 0 saturated heterocycles. The van der Waals surface area contributed by atoms with Gasteiger partial charge in [-0.2, -0.15) is 0 Å². The van der Waals surface area contributed by atoms with Crippen LogP contribution in [0.4, 0.5) is 0 Å². The lowest BCUT2D eigenvalue weighted by Gasteiger charge is -2.12. The normalized spacial score (nSPS) is 24.1. The zero-order valence-corrected chi connectivity index (χ0v) is 10.9. The molecule has 17 heavy (non-hydrogen) atoms. The predicted octanol–water partition coefficient (Wildman–Crippen LogP) is 2.48. The van der Waals surface area contributed by atoms with Crippen LogP contribution in [-0.4, -0.2) is 17.7 Å². The minimum atomic E-state index is -0.0788. The van der Waals surface area contributed by atoms with Gasteiger partial charge in [-0.3, -0.25) is 9.59 Å². The number of thiophene rings is 1. The summed E-state index contributed by atoms with van der Waals surface area (Å²) in [5.41, 5.74) is 0. The number of carbonyl (C=O) groups excluding carboxylic acids is 2. The summed E-state index contributed by atoms with van der Waals surface area (Å²) in [5.74, 6) is 0.894. The van der Waals surface area contributed by atoms with Crippen LogP contribution >= 0.6 is 11.3 Å². The molecule has 1 aromatic heterocycles. The first-order chi connectivity index (χ1) is 8.08. The van der Waals surface area contributed by atoms with Gasteiger partial charge in [-0.05, 0) is 30.7 Å². The van der Waals surface area contributed by atoms with E-state index in [2.05, 4.69) is 12.2 Å². The lowest BCUT2D eigenvalue weighted by molar-refractivity contribution is -0.123. The fourth-order valence-corrected chi connectivity index (χ4v) is 2.58. The molecule has 4 heteroatoms. The van der Waals surface area contributed by atoms with E-state index in [1.165, 1.54) is 11.3 Å². The Morgan fingerprint density at radius 1 is 1.59 bits per heavy atom. The molecule has 1 saturated carbocycles. The average molecular weight is 251 g/mol. The molecule has 1 aromatic rings. The first-order valence-electron chi connectivity index (χ1n) is 5.95. The second-order valence-electron chi connectivity index (χ2n) is 4.83. The van der Waals surface area contributed by atoms with Crippen molar-refractivity contribution in [2.24, 2.45) is 11.8 Å². The zero-order chi connectivity index (χ0) is 12.4. The molecular weight excluding hydrogens is 234 g/mol. The Kier molecular flexibility index (Phi) is 3.62. The highest BCUT2D eigenvalue weighted by molar-refractivity contribution is 7.12. The largest absolute Gasteiger partial charge is 0.353 e. The van der Waals surface area contributed by atoms with Gasteiger partial charge in [0.2, 0.25) is 5.91 Å². The first kappa shape index (κ1) is 12.3. The molecule has 0 radical (unpaired) electrons. The minimum absolute atomic E-state index is 0.0788. The third-order valence-corrected chi connectivity index (χ3v) is 4.03. The first-order valence-corrected chi connectivity index (χ1v) is 6.83. The maximum Gasteiger partial charge on any atom is 0.223 e. The van der Waals surface area contributed by atoms with E-state index in [-0.39, 0.29) is 23.7 Å². The third kappa shape index (κ3) is 3.16. The average Bonchev–Trinajstić information content (AvgIpc) is 2.81. The van der Waals surface area contributed by atoms with E-state index >= 15 is 0 Å². The summed E-state index contributed by atoms with van der Waals surface area (Å²) in [5, 5.41) is 4.80. The number of amides is 1. The van der Waals surface area contributed by atoms with E-state index in [1.807, 2.05) is 24.4 Å². The molecule has 1 N–H and O–H groups in total. The number of ketones is 1. The lowest BCUT2D eigenvalue weighted by Crippen LogP contribution is -2.35. The van der Waals surface area contributed by atoms with Crippen molar-refractivity contribution in [3.8, 4) is 0 Å². The quantitative estimate of drug-likeness (QED) is 0.817. The third-order valence-electron chi connectivity index (χ3n) is 3.12. The van der Waals surface area contributed by atoms with Crippen LogP contribution in [0.3, 0.4) is 0 Å². The highest BCUT2D eigenvalue weighted by Crippen LogP contribution is 2.37. The molecule has 1 heterocycles. The van der Waals surface area contributed by atoms with Gasteiger partial charge in [0.1, 0.15) is 0 Å². The molecule has 2 rings (SSSR count). The molecular formula is C13H17NO2S. The van der Waals surface area contributed by atoms with Crippen LogP contribution in [0.15, 0.2) is 17.5 Å². The van der Waals surface area contributed by atoms with E-state index < -0.39 is 0 Å². The van der Waals surface area contributed by atoms with Crippen molar-refractivity contribution in [1.29, 1.82) is 0 Å². The van der Waals surface area contributed by atoms with Crippen molar-refractivity contribution in [2.75, 3.05) is 0 Å². The van der Waals surface area contributed by atoms with Crippen LogP contribution in [0.2, 0.25) is 0 Å². The van der Waals surface area contributed by atoms with Crippen LogP contribution in [0.1, 0.15) is 36.4 Å². The predicted molar refractivity (Wildman–Crippen MR) is 68.1 cm³/mol. The Balaban J connectivity index is 1.79. The number of hydrogen-bond acceptors (Lipinski definition) is 3. The summed E-state index contributed by atoms with van der Waals surface area (Å²) in [6.45, 7) is 3.96. The summed E-state index contributed by atoms with van der Waals surface area (Å²) in [6.07, 6.45) is 1.37. The molecule has 0 unspecified atom stereocenters. The number of Topliss-reactive ketones (excluding diaryl/α,β-unsaturated/α-hetero) is 1.